The smallest absolute Gasteiger partial charge is 0.256 e. The first-order valence-electron chi connectivity index (χ1n) is 7.44. The van der Waals surface area contributed by atoms with Gasteiger partial charge < -0.3 is 14.7 Å². The number of aromatic nitrogens is 1. The van der Waals surface area contributed by atoms with E-state index in [4.69, 9.17) is 4.74 Å². The molecular formula is C17H17BrN2O3. The van der Waals surface area contributed by atoms with Crippen LogP contribution in [0.2, 0.25) is 0 Å². The molecule has 0 aliphatic carbocycles. The van der Waals surface area contributed by atoms with Gasteiger partial charge in [0.05, 0.1) is 11.0 Å². The molecule has 0 saturated carbocycles. The molecule has 1 saturated heterocycles. The van der Waals surface area contributed by atoms with Crippen LogP contribution in [0.25, 0.3) is 0 Å². The molecule has 120 valence electrons. The lowest BCUT2D eigenvalue weighted by Crippen LogP contribution is -2.34. The number of ether oxygens (including phenoxy) is 1. The van der Waals surface area contributed by atoms with Crippen LogP contribution in [0, 0.1) is 0 Å². The summed E-state index contributed by atoms with van der Waals surface area (Å²) in [5, 5.41) is 10.2. The minimum absolute atomic E-state index is 0.117. The van der Waals surface area contributed by atoms with E-state index >= 15 is 0 Å². The van der Waals surface area contributed by atoms with E-state index in [9.17, 15) is 9.90 Å². The van der Waals surface area contributed by atoms with Gasteiger partial charge in [-0.25, -0.2) is 4.98 Å². The van der Waals surface area contributed by atoms with Crippen LogP contribution >= 0.6 is 15.9 Å². The third-order valence-electron chi connectivity index (χ3n) is 3.81. The molecule has 3 rings (SSSR count). The summed E-state index contributed by atoms with van der Waals surface area (Å²) in [4.78, 5) is 18.2. The van der Waals surface area contributed by atoms with E-state index in [-0.39, 0.29) is 12.0 Å². The molecule has 1 aromatic carbocycles. The number of aliphatic hydroxyl groups excluding tert-OH is 1. The van der Waals surface area contributed by atoms with Gasteiger partial charge in [0.25, 0.3) is 5.91 Å². The van der Waals surface area contributed by atoms with Crippen molar-refractivity contribution < 1.29 is 14.6 Å². The van der Waals surface area contributed by atoms with Crippen LogP contribution < -0.4 is 4.74 Å². The fourth-order valence-electron chi connectivity index (χ4n) is 2.59. The van der Waals surface area contributed by atoms with E-state index in [1.54, 1.807) is 35.4 Å². The molecule has 5 nitrogen and oxygen atoms in total. The molecule has 2 aromatic rings. The quantitative estimate of drug-likeness (QED) is 0.890. The Morgan fingerprint density at radius 2 is 2.09 bits per heavy atom. The molecule has 2 atom stereocenters. The Hall–Kier alpha value is -1.92. The maximum atomic E-state index is 12.4. The average Bonchev–Trinajstić information content (AvgIpc) is 3.05. The van der Waals surface area contributed by atoms with E-state index < -0.39 is 6.10 Å². The third kappa shape index (κ3) is 3.71. The van der Waals surface area contributed by atoms with Gasteiger partial charge in [-0.05, 0) is 33.6 Å². The summed E-state index contributed by atoms with van der Waals surface area (Å²) in [5.41, 5.74) is 0.606. The molecule has 1 N–H and O–H groups in total. The van der Waals surface area contributed by atoms with Gasteiger partial charge in [0, 0.05) is 19.2 Å². The lowest BCUT2D eigenvalue weighted by Gasteiger charge is -2.20. The molecule has 0 spiro atoms. The molecule has 0 bridgehead atoms. The number of aliphatic hydroxyl groups is 1. The van der Waals surface area contributed by atoms with Crippen LogP contribution in [0.3, 0.4) is 0 Å². The fourth-order valence-corrected chi connectivity index (χ4v) is 2.94. The zero-order valence-corrected chi connectivity index (χ0v) is 14.0. The topological polar surface area (TPSA) is 62.7 Å². The van der Waals surface area contributed by atoms with Gasteiger partial charge in [-0.1, -0.05) is 30.3 Å². The Morgan fingerprint density at radius 3 is 2.83 bits per heavy atom. The predicted molar refractivity (Wildman–Crippen MR) is 89.0 cm³/mol. The SMILES string of the molecule is O=C(C(O)c1ccccc1)N1CCC(Oc2ncccc2Br)C1. The predicted octanol–water partition coefficient (Wildman–Crippen LogP) is 2.56. The van der Waals surface area contributed by atoms with E-state index in [2.05, 4.69) is 20.9 Å². The van der Waals surface area contributed by atoms with Crippen molar-refractivity contribution in [2.24, 2.45) is 0 Å². The summed E-state index contributed by atoms with van der Waals surface area (Å²) in [6.07, 6.45) is 1.14. The van der Waals surface area contributed by atoms with E-state index in [1.807, 2.05) is 18.2 Å². The van der Waals surface area contributed by atoms with Crippen LogP contribution in [0.4, 0.5) is 0 Å². The minimum atomic E-state index is -1.13. The molecule has 1 fully saturated rings. The van der Waals surface area contributed by atoms with Crippen molar-refractivity contribution >= 4 is 21.8 Å². The van der Waals surface area contributed by atoms with Gasteiger partial charge in [-0.3, -0.25) is 4.79 Å². The van der Waals surface area contributed by atoms with Crippen LogP contribution in [0.5, 0.6) is 5.88 Å². The minimum Gasteiger partial charge on any atom is -0.472 e. The van der Waals surface area contributed by atoms with Crippen molar-refractivity contribution in [1.29, 1.82) is 0 Å². The van der Waals surface area contributed by atoms with Gasteiger partial charge in [0.15, 0.2) is 6.10 Å². The lowest BCUT2D eigenvalue weighted by atomic mass is 10.1. The first-order valence-corrected chi connectivity index (χ1v) is 8.23. The van der Waals surface area contributed by atoms with Crippen molar-refractivity contribution in [3.63, 3.8) is 0 Å². The normalized spacial score (nSPS) is 18.7. The van der Waals surface area contributed by atoms with Crippen LogP contribution in [0.15, 0.2) is 53.1 Å². The Labute approximate surface area is 143 Å². The summed E-state index contributed by atoms with van der Waals surface area (Å²) >= 11 is 3.39. The molecule has 2 unspecified atom stereocenters. The summed E-state index contributed by atoms with van der Waals surface area (Å²) < 4.78 is 6.62. The van der Waals surface area contributed by atoms with Gasteiger partial charge in [0.2, 0.25) is 5.88 Å². The van der Waals surface area contributed by atoms with Gasteiger partial charge in [-0.2, -0.15) is 0 Å². The van der Waals surface area contributed by atoms with Crippen molar-refractivity contribution in [3.05, 3.63) is 58.7 Å². The van der Waals surface area contributed by atoms with Crippen molar-refractivity contribution in [1.82, 2.24) is 9.88 Å². The standard InChI is InChI=1S/C17H17BrN2O3/c18-14-7-4-9-19-16(14)23-13-8-10-20(11-13)17(22)15(21)12-5-2-1-3-6-12/h1-7,9,13,15,21H,8,10-11H2. The lowest BCUT2D eigenvalue weighted by molar-refractivity contribution is -0.139. The van der Waals surface area contributed by atoms with Crippen molar-refractivity contribution in [2.45, 2.75) is 18.6 Å². The first-order chi connectivity index (χ1) is 11.1. The van der Waals surface area contributed by atoms with Gasteiger partial charge in [-0.15, -0.1) is 0 Å². The third-order valence-corrected chi connectivity index (χ3v) is 4.41. The summed E-state index contributed by atoms with van der Waals surface area (Å²) in [6.45, 7) is 1.02. The number of likely N-dealkylation sites (tertiary alicyclic amines) is 1. The van der Waals surface area contributed by atoms with Crippen LogP contribution in [-0.4, -0.2) is 40.1 Å². The average molecular weight is 377 g/mol. The second-order valence-corrected chi connectivity index (χ2v) is 6.27. The molecular weight excluding hydrogens is 360 g/mol. The highest BCUT2D eigenvalue weighted by atomic mass is 79.9. The molecule has 1 aliphatic heterocycles. The monoisotopic (exact) mass is 376 g/mol. The Balaban J connectivity index is 1.61. The number of amides is 1. The van der Waals surface area contributed by atoms with Crippen molar-refractivity contribution in [3.8, 4) is 5.88 Å². The first kappa shape index (κ1) is 16.0. The molecule has 1 aliphatic rings. The zero-order valence-electron chi connectivity index (χ0n) is 12.4. The largest absolute Gasteiger partial charge is 0.472 e. The molecule has 2 heterocycles. The number of nitrogens with zero attached hydrogens (tertiary/aromatic N) is 2. The number of carbonyl (C=O) groups is 1. The van der Waals surface area contributed by atoms with Crippen LogP contribution in [0.1, 0.15) is 18.1 Å². The fraction of sp³-hybridized carbons (Fsp3) is 0.294. The maximum Gasteiger partial charge on any atom is 0.256 e. The highest BCUT2D eigenvalue weighted by molar-refractivity contribution is 9.10. The van der Waals surface area contributed by atoms with Crippen LogP contribution in [-0.2, 0) is 4.79 Å². The number of halogens is 1. The Morgan fingerprint density at radius 1 is 1.30 bits per heavy atom. The van der Waals surface area contributed by atoms with Crippen molar-refractivity contribution in [2.75, 3.05) is 13.1 Å². The van der Waals surface area contributed by atoms with E-state index in [1.165, 1.54) is 0 Å². The number of hydrogen-bond acceptors (Lipinski definition) is 4. The number of pyridine rings is 1. The van der Waals surface area contributed by atoms with E-state index in [0.717, 1.165) is 10.9 Å². The molecule has 1 aromatic heterocycles. The Kier molecular flexibility index (Phi) is 4.93. The highest BCUT2D eigenvalue weighted by Gasteiger charge is 2.32. The number of rotatable bonds is 4. The second-order valence-electron chi connectivity index (χ2n) is 5.42. The van der Waals surface area contributed by atoms with Gasteiger partial charge in [0.1, 0.15) is 6.10 Å². The second kappa shape index (κ2) is 7.10. The molecule has 23 heavy (non-hydrogen) atoms. The van der Waals surface area contributed by atoms with Gasteiger partial charge >= 0.3 is 0 Å². The number of hydrogen-bond donors (Lipinski definition) is 1. The maximum absolute atomic E-state index is 12.4. The number of benzene rings is 1. The summed E-state index contributed by atoms with van der Waals surface area (Å²) in [7, 11) is 0. The number of carbonyl (C=O) groups excluding carboxylic acids is 1. The van der Waals surface area contributed by atoms with E-state index in [0.29, 0.717) is 24.5 Å². The Bertz CT molecular complexity index is 681. The zero-order chi connectivity index (χ0) is 16.2. The molecule has 0 radical (unpaired) electrons. The highest BCUT2D eigenvalue weighted by Crippen LogP contribution is 2.25. The summed E-state index contributed by atoms with van der Waals surface area (Å²) in [5.74, 6) is 0.234. The molecule has 1 amide bonds. The summed E-state index contributed by atoms with van der Waals surface area (Å²) in [6, 6.07) is 12.6. The molecule has 6 heteroatoms.